The molecule has 0 aliphatic carbocycles. The molecule has 0 bridgehead atoms. The van der Waals surface area contributed by atoms with Crippen LogP contribution in [0.1, 0.15) is 23.2 Å². The zero-order chi connectivity index (χ0) is 20.1. The molecule has 0 fully saturated rings. The van der Waals surface area contributed by atoms with Crippen LogP contribution in [0.2, 0.25) is 0 Å². The number of anilines is 2. The van der Waals surface area contributed by atoms with Crippen LogP contribution < -0.4 is 10.0 Å². The largest absolute Gasteiger partial charge is 0.326 e. The van der Waals surface area contributed by atoms with Crippen LogP contribution in [0, 0.1) is 13.8 Å². The van der Waals surface area contributed by atoms with E-state index in [1.54, 1.807) is 23.6 Å². The molecule has 6 nitrogen and oxygen atoms in total. The second-order valence-electron chi connectivity index (χ2n) is 6.49. The van der Waals surface area contributed by atoms with Gasteiger partial charge in [0.1, 0.15) is 0 Å². The highest BCUT2D eigenvalue weighted by atomic mass is 32.2. The van der Waals surface area contributed by atoms with Gasteiger partial charge < -0.3 is 5.32 Å². The molecular formula is C20H21N3O3S2. The number of amides is 1. The first-order valence-electron chi connectivity index (χ1n) is 8.72. The van der Waals surface area contributed by atoms with Gasteiger partial charge in [0.25, 0.3) is 10.0 Å². The van der Waals surface area contributed by atoms with Crippen molar-refractivity contribution < 1.29 is 13.2 Å². The summed E-state index contributed by atoms with van der Waals surface area (Å²) in [7, 11) is -3.66. The van der Waals surface area contributed by atoms with Crippen molar-refractivity contribution in [2.45, 2.75) is 31.6 Å². The first-order chi connectivity index (χ1) is 13.3. The molecule has 3 rings (SSSR count). The summed E-state index contributed by atoms with van der Waals surface area (Å²) in [5, 5.41) is 4.93. The van der Waals surface area contributed by atoms with Crippen LogP contribution in [-0.4, -0.2) is 19.3 Å². The van der Waals surface area contributed by atoms with Gasteiger partial charge in [0.05, 0.1) is 10.6 Å². The van der Waals surface area contributed by atoms with Crippen LogP contribution in [0.25, 0.3) is 0 Å². The third kappa shape index (κ3) is 5.40. The molecule has 8 heteroatoms. The Morgan fingerprint density at radius 2 is 1.75 bits per heavy atom. The Bertz CT molecular complexity index is 1060. The first-order valence-corrected chi connectivity index (χ1v) is 11.1. The molecular weight excluding hydrogens is 394 g/mol. The Kier molecular flexibility index (Phi) is 6.11. The summed E-state index contributed by atoms with van der Waals surface area (Å²) in [6.45, 7) is 3.96. The molecule has 0 unspecified atom stereocenters. The van der Waals surface area contributed by atoms with Crippen molar-refractivity contribution in [3.8, 4) is 0 Å². The quantitative estimate of drug-likeness (QED) is 0.607. The number of aromatic nitrogens is 1. The van der Waals surface area contributed by atoms with E-state index in [9.17, 15) is 13.2 Å². The molecule has 1 heterocycles. The minimum absolute atomic E-state index is 0.107. The fourth-order valence-corrected chi connectivity index (χ4v) is 4.77. The molecule has 28 heavy (non-hydrogen) atoms. The predicted octanol–water partition coefficient (Wildman–Crippen LogP) is 4.13. The summed E-state index contributed by atoms with van der Waals surface area (Å²) in [6.07, 6.45) is 0.696. The van der Waals surface area contributed by atoms with E-state index >= 15 is 0 Å². The maximum Gasteiger partial charge on any atom is 0.263 e. The zero-order valence-corrected chi connectivity index (χ0v) is 17.2. The minimum atomic E-state index is -3.66. The van der Waals surface area contributed by atoms with E-state index in [1.165, 1.54) is 23.5 Å². The number of carbonyl (C=O) groups excluding carboxylic acids is 1. The SMILES string of the molecule is Cc1cc(C)cc(NC(=O)CCc2csc(NS(=O)(=O)c3ccccc3)n2)c1. The topological polar surface area (TPSA) is 88.2 Å². The Balaban J connectivity index is 1.56. The van der Waals surface area contributed by atoms with Gasteiger partial charge in [-0.25, -0.2) is 13.4 Å². The Morgan fingerprint density at radius 3 is 2.43 bits per heavy atom. The van der Waals surface area contributed by atoms with Gasteiger partial charge in [-0.2, -0.15) is 0 Å². The van der Waals surface area contributed by atoms with Crippen LogP contribution in [0.5, 0.6) is 0 Å². The van der Waals surface area contributed by atoms with Crippen LogP contribution in [0.15, 0.2) is 58.8 Å². The number of nitrogens with one attached hydrogen (secondary N) is 2. The third-order valence-corrected chi connectivity index (χ3v) is 6.23. The number of aryl methyl sites for hydroxylation is 3. The lowest BCUT2D eigenvalue weighted by Gasteiger charge is -2.07. The van der Waals surface area contributed by atoms with Crippen LogP contribution in [-0.2, 0) is 21.2 Å². The van der Waals surface area contributed by atoms with E-state index in [0.717, 1.165) is 16.8 Å². The van der Waals surface area contributed by atoms with Crippen molar-refractivity contribution in [1.29, 1.82) is 0 Å². The minimum Gasteiger partial charge on any atom is -0.326 e. The number of nitrogens with zero attached hydrogens (tertiary/aromatic N) is 1. The molecule has 1 aromatic heterocycles. The Labute approximate surface area is 168 Å². The van der Waals surface area contributed by atoms with Crippen molar-refractivity contribution in [2.75, 3.05) is 10.0 Å². The van der Waals surface area contributed by atoms with Gasteiger partial charge in [-0.1, -0.05) is 24.3 Å². The Hall–Kier alpha value is -2.71. The van der Waals surface area contributed by atoms with Crippen LogP contribution >= 0.6 is 11.3 Å². The summed E-state index contributed by atoms with van der Waals surface area (Å²) >= 11 is 1.20. The summed E-state index contributed by atoms with van der Waals surface area (Å²) in [5.74, 6) is -0.107. The number of hydrogen-bond donors (Lipinski definition) is 2. The van der Waals surface area contributed by atoms with Crippen molar-refractivity contribution in [1.82, 2.24) is 4.98 Å². The van der Waals surface area contributed by atoms with Crippen molar-refractivity contribution in [3.05, 3.63) is 70.7 Å². The van der Waals surface area contributed by atoms with Crippen molar-refractivity contribution in [3.63, 3.8) is 0 Å². The fourth-order valence-electron chi connectivity index (χ4n) is 2.75. The van der Waals surface area contributed by atoms with E-state index in [1.807, 2.05) is 32.0 Å². The van der Waals surface area contributed by atoms with Gasteiger partial charge in [-0.05, 0) is 55.7 Å². The summed E-state index contributed by atoms with van der Waals surface area (Å²) < 4.78 is 27.1. The average Bonchev–Trinajstić information content (AvgIpc) is 3.06. The molecule has 0 saturated heterocycles. The number of sulfonamides is 1. The third-order valence-electron chi connectivity index (χ3n) is 3.94. The number of thiazole rings is 1. The second kappa shape index (κ2) is 8.53. The average molecular weight is 416 g/mol. The second-order valence-corrected chi connectivity index (χ2v) is 9.03. The van der Waals surface area contributed by atoms with E-state index in [-0.39, 0.29) is 22.4 Å². The number of hydrogen-bond acceptors (Lipinski definition) is 5. The van der Waals surface area contributed by atoms with Crippen LogP contribution in [0.4, 0.5) is 10.8 Å². The molecule has 146 valence electrons. The van der Waals surface area contributed by atoms with E-state index in [2.05, 4.69) is 15.0 Å². The molecule has 0 atom stereocenters. The number of carbonyl (C=O) groups is 1. The molecule has 0 aliphatic rings. The predicted molar refractivity (Wildman–Crippen MR) is 112 cm³/mol. The molecule has 0 saturated carbocycles. The van der Waals surface area contributed by atoms with Crippen LogP contribution in [0.3, 0.4) is 0 Å². The van der Waals surface area contributed by atoms with Gasteiger partial charge in [0.2, 0.25) is 5.91 Å². The lowest BCUT2D eigenvalue weighted by molar-refractivity contribution is -0.116. The smallest absolute Gasteiger partial charge is 0.263 e. The zero-order valence-electron chi connectivity index (χ0n) is 15.6. The fraction of sp³-hybridized carbons (Fsp3) is 0.200. The van der Waals surface area contributed by atoms with Gasteiger partial charge in [-0.3, -0.25) is 9.52 Å². The van der Waals surface area contributed by atoms with Gasteiger partial charge in [0.15, 0.2) is 5.13 Å². The van der Waals surface area contributed by atoms with Gasteiger partial charge in [0, 0.05) is 17.5 Å². The maximum atomic E-state index is 12.3. The van der Waals surface area contributed by atoms with Gasteiger partial charge >= 0.3 is 0 Å². The van der Waals surface area contributed by atoms with E-state index < -0.39 is 10.0 Å². The maximum absolute atomic E-state index is 12.3. The summed E-state index contributed by atoms with van der Waals surface area (Å²) in [4.78, 5) is 16.6. The van der Waals surface area contributed by atoms with E-state index in [0.29, 0.717) is 12.1 Å². The standard InChI is InChI=1S/C20H21N3O3S2/c1-14-10-15(2)12-17(11-14)21-19(24)9-8-16-13-27-20(22-16)23-28(25,26)18-6-4-3-5-7-18/h3-7,10-13H,8-9H2,1-2H3,(H,21,24)(H,22,23). The molecule has 0 radical (unpaired) electrons. The monoisotopic (exact) mass is 415 g/mol. The molecule has 0 spiro atoms. The van der Waals surface area contributed by atoms with Crippen molar-refractivity contribution >= 4 is 38.1 Å². The first kappa shape index (κ1) is 20.0. The summed E-state index contributed by atoms with van der Waals surface area (Å²) in [5.41, 5.74) is 3.62. The lowest BCUT2D eigenvalue weighted by atomic mass is 10.1. The number of rotatable bonds is 7. The molecule has 0 aliphatic heterocycles. The van der Waals surface area contributed by atoms with E-state index in [4.69, 9.17) is 0 Å². The summed E-state index contributed by atoms with van der Waals surface area (Å²) in [6, 6.07) is 14.0. The Morgan fingerprint density at radius 1 is 1.07 bits per heavy atom. The number of benzene rings is 2. The highest BCUT2D eigenvalue weighted by Crippen LogP contribution is 2.21. The highest BCUT2D eigenvalue weighted by Gasteiger charge is 2.16. The molecule has 3 aromatic rings. The highest BCUT2D eigenvalue weighted by molar-refractivity contribution is 7.93. The van der Waals surface area contributed by atoms with Gasteiger partial charge in [-0.15, -0.1) is 11.3 Å². The lowest BCUT2D eigenvalue weighted by Crippen LogP contribution is -2.13. The molecule has 2 aromatic carbocycles. The molecule has 1 amide bonds. The molecule has 2 N–H and O–H groups in total. The normalized spacial score (nSPS) is 11.2. The van der Waals surface area contributed by atoms with Crippen molar-refractivity contribution in [2.24, 2.45) is 0 Å².